The standard InChI is InChI=1S/C31H33N3O5S3/c1-21-8-11-25(12-9-21)42(38,39)34(19-24-17-32-20-41-24)18-23-10-13-27(28(16-23)26-7-5-4-6-22(26)2)30(35)33-29(31(36)37)14-15-40-3/h4-13,16-17,20,29H,14-15,18-19H2,1-3H3,(H,33,35)(H,36,37)/t29-/m0/s1. The molecule has 0 saturated carbocycles. The van der Waals surface area contributed by atoms with E-state index in [0.29, 0.717) is 28.9 Å². The summed E-state index contributed by atoms with van der Waals surface area (Å²) in [6.07, 6.45) is 3.83. The number of benzene rings is 3. The highest BCUT2D eigenvalue weighted by Crippen LogP contribution is 2.30. The van der Waals surface area contributed by atoms with Crippen molar-refractivity contribution in [3.8, 4) is 11.1 Å². The maximum absolute atomic E-state index is 13.8. The Morgan fingerprint density at radius 3 is 2.40 bits per heavy atom. The number of aliphatic carboxylic acids is 1. The number of rotatable bonds is 13. The molecule has 8 nitrogen and oxygen atoms in total. The summed E-state index contributed by atoms with van der Waals surface area (Å²) in [6, 6.07) is 18.5. The van der Waals surface area contributed by atoms with Crippen molar-refractivity contribution in [1.82, 2.24) is 14.6 Å². The van der Waals surface area contributed by atoms with Crippen LogP contribution in [0.5, 0.6) is 0 Å². The summed E-state index contributed by atoms with van der Waals surface area (Å²) < 4.78 is 29.0. The number of carbonyl (C=O) groups excluding carboxylic acids is 1. The van der Waals surface area contributed by atoms with Crippen LogP contribution in [0.4, 0.5) is 0 Å². The van der Waals surface area contributed by atoms with E-state index in [9.17, 15) is 23.1 Å². The maximum Gasteiger partial charge on any atom is 0.326 e. The van der Waals surface area contributed by atoms with Gasteiger partial charge in [-0.15, -0.1) is 11.3 Å². The normalized spacial score (nSPS) is 12.3. The number of aryl methyl sites for hydroxylation is 2. The molecular formula is C31H33N3O5S3. The Bertz CT molecular complexity index is 1640. The van der Waals surface area contributed by atoms with E-state index >= 15 is 0 Å². The fraction of sp³-hybridized carbons (Fsp3) is 0.258. The average Bonchev–Trinajstić information content (AvgIpc) is 3.48. The van der Waals surface area contributed by atoms with Crippen LogP contribution < -0.4 is 5.32 Å². The van der Waals surface area contributed by atoms with Crippen LogP contribution in [0.2, 0.25) is 0 Å². The van der Waals surface area contributed by atoms with Crippen molar-refractivity contribution in [2.75, 3.05) is 12.0 Å². The first-order chi connectivity index (χ1) is 20.1. The molecule has 0 fully saturated rings. The van der Waals surface area contributed by atoms with Gasteiger partial charge in [0.1, 0.15) is 6.04 Å². The number of carbonyl (C=O) groups is 2. The van der Waals surface area contributed by atoms with Crippen LogP contribution in [-0.2, 0) is 27.9 Å². The summed E-state index contributed by atoms with van der Waals surface area (Å²) in [6.45, 7) is 4.02. The molecule has 0 saturated heterocycles. The molecule has 42 heavy (non-hydrogen) atoms. The van der Waals surface area contributed by atoms with Crippen LogP contribution in [0, 0.1) is 13.8 Å². The first kappa shape index (κ1) is 31.4. The SMILES string of the molecule is CSCC[C@H](NC(=O)c1ccc(CN(Cc2cncs2)S(=O)(=O)c2ccc(C)cc2)cc1-c1ccccc1C)C(=O)O. The van der Waals surface area contributed by atoms with E-state index < -0.39 is 27.9 Å². The number of hydrogen-bond donors (Lipinski definition) is 2. The van der Waals surface area contributed by atoms with Crippen molar-refractivity contribution in [3.05, 3.63) is 106 Å². The lowest BCUT2D eigenvalue weighted by Crippen LogP contribution is -2.41. The Labute approximate surface area is 254 Å². The Morgan fingerprint density at radius 2 is 1.76 bits per heavy atom. The minimum absolute atomic E-state index is 0.0559. The molecule has 0 spiro atoms. The summed E-state index contributed by atoms with van der Waals surface area (Å²) in [5.74, 6) is -1.00. The van der Waals surface area contributed by atoms with Gasteiger partial charge in [0.05, 0.1) is 17.0 Å². The first-order valence-corrected chi connectivity index (χ1v) is 17.0. The van der Waals surface area contributed by atoms with Gasteiger partial charge in [0.25, 0.3) is 5.91 Å². The Morgan fingerprint density at radius 1 is 1.02 bits per heavy atom. The van der Waals surface area contributed by atoms with Gasteiger partial charge in [-0.25, -0.2) is 13.2 Å². The third kappa shape index (κ3) is 7.65. The molecule has 1 aromatic heterocycles. The van der Waals surface area contributed by atoms with E-state index in [4.69, 9.17) is 0 Å². The highest BCUT2D eigenvalue weighted by atomic mass is 32.2. The lowest BCUT2D eigenvalue weighted by molar-refractivity contribution is -0.139. The van der Waals surface area contributed by atoms with Crippen LogP contribution in [0.3, 0.4) is 0 Å². The lowest BCUT2D eigenvalue weighted by Gasteiger charge is -2.23. The number of amides is 1. The molecule has 1 amide bonds. The number of sulfonamides is 1. The lowest BCUT2D eigenvalue weighted by atomic mass is 9.93. The van der Waals surface area contributed by atoms with Gasteiger partial charge in [0, 0.05) is 23.2 Å². The molecule has 220 valence electrons. The second-order valence-corrected chi connectivity index (χ2v) is 13.8. The molecule has 0 aliphatic heterocycles. The molecule has 4 aromatic rings. The third-order valence-corrected chi connectivity index (χ3v) is 10.0. The number of carboxylic acids is 1. The second-order valence-electron chi connectivity index (χ2n) is 9.89. The summed E-state index contributed by atoms with van der Waals surface area (Å²) >= 11 is 2.89. The largest absolute Gasteiger partial charge is 0.480 e. The molecule has 11 heteroatoms. The van der Waals surface area contributed by atoms with Crippen molar-refractivity contribution in [3.63, 3.8) is 0 Å². The molecule has 1 heterocycles. The second kappa shape index (κ2) is 14.1. The van der Waals surface area contributed by atoms with Crippen molar-refractivity contribution in [2.45, 2.75) is 44.3 Å². The molecule has 1 atom stereocenters. The van der Waals surface area contributed by atoms with Crippen molar-refractivity contribution in [1.29, 1.82) is 0 Å². The fourth-order valence-electron chi connectivity index (χ4n) is 4.50. The van der Waals surface area contributed by atoms with E-state index in [1.54, 1.807) is 48.1 Å². The van der Waals surface area contributed by atoms with Crippen LogP contribution in [0.1, 0.15) is 38.3 Å². The molecule has 0 aliphatic rings. The third-order valence-electron chi connectivity index (χ3n) is 6.81. The summed E-state index contributed by atoms with van der Waals surface area (Å²) in [5, 5.41) is 12.3. The van der Waals surface area contributed by atoms with Crippen molar-refractivity contribution >= 4 is 45.0 Å². The Balaban J connectivity index is 1.74. The van der Waals surface area contributed by atoms with Gasteiger partial charge in [-0.2, -0.15) is 16.1 Å². The van der Waals surface area contributed by atoms with E-state index in [2.05, 4.69) is 10.3 Å². The minimum atomic E-state index is -3.87. The molecule has 2 N–H and O–H groups in total. The van der Waals surface area contributed by atoms with E-state index in [1.165, 1.54) is 27.4 Å². The van der Waals surface area contributed by atoms with Crippen LogP contribution in [-0.4, -0.2) is 52.7 Å². The van der Waals surface area contributed by atoms with Gasteiger partial charge >= 0.3 is 5.97 Å². The number of aromatic nitrogens is 1. The van der Waals surface area contributed by atoms with Gasteiger partial charge < -0.3 is 10.4 Å². The number of hydrogen-bond acceptors (Lipinski definition) is 7. The monoisotopic (exact) mass is 623 g/mol. The van der Waals surface area contributed by atoms with Gasteiger partial charge in [0.15, 0.2) is 0 Å². The fourth-order valence-corrected chi connectivity index (χ4v) is 7.07. The number of thiazole rings is 1. The molecule has 0 aliphatic carbocycles. The van der Waals surface area contributed by atoms with Gasteiger partial charge in [0.2, 0.25) is 10.0 Å². The number of carboxylic acid groups (broad SMARTS) is 1. The van der Waals surface area contributed by atoms with Crippen molar-refractivity contribution in [2.24, 2.45) is 0 Å². The first-order valence-electron chi connectivity index (χ1n) is 13.3. The van der Waals surface area contributed by atoms with Gasteiger partial charge in [-0.1, -0.05) is 48.0 Å². The highest BCUT2D eigenvalue weighted by Gasteiger charge is 2.27. The van der Waals surface area contributed by atoms with Gasteiger partial charge in [-0.3, -0.25) is 9.78 Å². The Hall–Kier alpha value is -3.51. The van der Waals surface area contributed by atoms with E-state index in [0.717, 1.165) is 21.6 Å². The molecular weight excluding hydrogens is 591 g/mol. The smallest absolute Gasteiger partial charge is 0.326 e. The predicted molar refractivity (Wildman–Crippen MR) is 168 cm³/mol. The zero-order valence-electron chi connectivity index (χ0n) is 23.6. The summed E-state index contributed by atoms with van der Waals surface area (Å²) in [7, 11) is -3.87. The number of thioether (sulfide) groups is 1. The predicted octanol–water partition coefficient (Wildman–Crippen LogP) is 5.75. The van der Waals surface area contributed by atoms with Crippen LogP contribution in [0.15, 0.2) is 83.3 Å². The van der Waals surface area contributed by atoms with E-state index in [1.807, 2.05) is 50.4 Å². The quantitative estimate of drug-likeness (QED) is 0.195. The Kier molecular flexibility index (Phi) is 10.6. The van der Waals surface area contributed by atoms with Crippen LogP contribution in [0.25, 0.3) is 11.1 Å². The summed E-state index contributed by atoms with van der Waals surface area (Å²) in [4.78, 5) is 30.4. The average molecular weight is 624 g/mol. The maximum atomic E-state index is 13.8. The summed E-state index contributed by atoms with van der Waals surface area (Å²) in [5.41, 5.74) is 5.95. The van der Waals surface area contributed by atoms with Crippen molar-refractivity contribution < 1.29 is 23.1 Å². The number of nitrogens with one attached hydrogen (secondary N) is 1. The van der Waals surface area contributed by atoms with Gasteiger partial charge in [-0.05, 0) is 78.8 Å². The minimum Gasteiger partial charge on any atom is -0.480 e. The van der Waals surface area contributed by atoms with Crippen LogP contribution >= 0.6 is 23.1 Å². The topological polar surface area (TPSA) is 117 Å². The molecule has 0 bridgehead atoms. The van der Waals surface area contributed by atoms with E-state index in [-0.39, 0.29) is 18.0 Å². The zero-order chi connectivity index (χ0) is 30.3. The molecule has 0 radical (unpaired) electrons. The molecule has 3 aromatic carbocycles. The zero-order valence-corrected chi connectivity index (χ0v) is 26.1. The highest BCUT2D eigenvalue weighted by molar-refractivity contribution is 7.98. The molecule has 4 rings (SSSR count). The molecule has 0 unspecified atom stereocenters. The number of nitrogens with zero attached hydrogens (tertiary/aromatic N) is 2.